The summed E-state index contributed by atoms with van der Waals surface area (Å²) in [4.78, 5) is 0. The van der Waals surface area contributed by atoms with E-state index in [1.807, 2.05) is 18.2 Å². The summed E-state index contributed by atoms with van der Waals surface area (Å²) in [7, 11) is 1.73. The standard InChI is InChI=1S/C13H19ClINO/c1-13(2,17-3)7-6-12(16)10-8-9(14)4-5-11(10)15/h4-5,8,12H,6-7,16H2,1-3H3. The van der Waals surface area contributed by atoms with Gasteiger partial charge in [0.1, 0.15) is 0 Å². The van der Waals surface area contributed by atoms with E-state index >= 15 is 0 Å². The van der Waals surface area contributed by atoms with E-state index in [1.54, 1.807) is 7.11 Å². The topological polar surface area (TPSA) is 35.2 Å². The molecule has 0 amide bonds. The van der Waals surface area contributed by atoms with Crippen LogP contribution in [0.15, 0.2) is 18.2 Å². The Morgan fingerprint density at radius 1 is 1.47 bits per heavy atom. The lowest BCUT2D eigenvalue weighted by molar-refractivity contribution is 0.0125. The van der Waals surface area contributed by atoms with E-state index in [-0.39, 0.29) is 11.6 Å². The Bertz CT molecular complexity index is 382. The number of methoxy groups -OCH3 is 1. The van der Waals surface area contributed by atoms with Gasteiger partial charge in [0.05, 0.1) is 5.60 Å². The van der Waals surface area contributed by atoms with E-state index in [9.17, 15) is 0 Å². The highest BCUT2D eigenvalue weighted by atomic mass is 127. The second-order valence-electron chi connectivity index (χ2n) is 4.77. The third-order valence-electron chi connectivity index (χ3n) is 2.97. The summed E-state index contributed by atoms with van der Waals surface area (Å²) in [5.74, 6) is 0. The molecule has 1 aromatic carbocycles. The van der Waals surface area contributed by atoms with Gasteiger partial charge in [-0.2, -0.15) is 0 Å². The largest absolute Gasteiger partial charge is 0.379 e. The van der Waals surface area contributed by atoms with Crippen LogP contribution in [0.4, 0.5) is 0 Å². The molecule has 0 aliphatic rings. The molecule has 1 rings (SSSR count). The number of benzene rings is 1. The lowest BCUT2D eigenvalue weighted by Gasteiger charge is -2.25. The van der Waals surface area contributed by atoms with Crippen molar-refractivity contribution in [3.8, 4) is 0 Å². The van der Waals surface area contributed by atoms with Crippen LogP contribution >= 0.6 is 34.2 Å². The van der Waals surface area contributed by atoms with Crippen LogP contribution in [0.25, 0.3) is 0 Å². The Morgan fingerprint density at radius 3 is 2.71 bits per heavy atom. The molecule has 0 aromatic heterocycles. The van der Waals surface area contributed by atoms with Crippen molar-refractivity contribution < 1.29 is 4.74 Å². The van der Waals surface area contributed by atoms with Crippen LogP contribution in [-0.4, -0.2) is 12.7 Å². The highest BCUT2D eigenvalue weighted by Gasteiger charge is 2.19. The van der Waals surface area contributed by atoms with Crippen LogP contribution in [0.3, 0.4) is 0 Å². The molecular weight excluding hydrogens is 349 g/mol. The smallest absolute Gasteiger partial charge is 0.0623 e. The molecule has 4 heteroatoms. The van der Waals surface area contributed by atoms with E-state index in [0.717, 1.165) is 27.0 Å². The molecule has 1 unspecified atom stereocenters. The molecule has 2 N–H and O–H groups in total. The van der Waals surface area contributed by atoms with Crippen LogP contribution in [0, 0.1) is 3.57 Å². The average molecular weight is 368 g/mol. The van der Waals surface area contributed by atoms with Crippen LogP contribution in [-0.2, 0) is 4.74 Å². The van der Waals surface area contributed by atoms with Gasteiger partial charge in [0.15, 0.2) is 0 Å². The molecule has 1 aromatic rings. The summed E-state index contributed by atoms with van der Waals surface area (Å²) in [5, 5.41) is 0.738. The summed E-state index contributed by atoms with van der Waals surface area (Å²) < 4.78 is 6.56. The molecule has 17 heavy (non-hydrogen) atoms. The average Bonchev–Trinajstić information content (AvgIpc) is 2.29. The maximum absolute atomic E-state index is 6.21. The maximum Gasteiger partial charge on any atom is 0.0623 e. The maximum atomic E-state index is 6.21. The Morgan fingerprint density at radius 2 is 2.12 bits per heavy atom. The van der Waals surface area contributed by atoms with Gasteiger partial charge in [-0.05, 0) is 73.0 Å². The molecule has 96 valence electrons. The van der Waals surface area contributed by atoms with Gasteiger partial charge in [-0.1, -0.05) is 11.6 Å². The molecule has 0 heterocycles. The van der Waals surface area contributed by atoms with E-state index in [1.165, 1.54) is 0 Å². The molecule has 0 saturated heterocycles. The van der Waals surface area contributed by atoms with Crippen molar-refractivity contribution in [3.63, 3.8) is 0 Å². The van der Waals surface area contributed by atoms with E-state index < -0.39 is 0 Å². The third-order valence-corrected chi connectivity index (χ3v) is 4.19. The fourth-order valence-electron chi connectivity index (χ4n) is 1.56. The fraction of sp³-hybridized carbons (Fsp3) is 0.538. The van der Waals surface area contributed by atoms with E-state index in [0.29, 0.717) is 0 Å². The van der Waals surface area contributed by atoms with Crippen molar-refractivity contribution >= 4 is 34.2 Å². The number of nitrogens with two attached hydrogens (primary N) is 1. The minimum absolute atomic E-state index is 0.00928. The van der Waals surface area contributed by atoms with Crippen LogP contribution < -0.4 is 5.73 Å². The molecule has 0 bridgehead atoms. The first-order valence-electron chi connectivity index (χ1n) is 5.61. The van der Waals surface area contributed by atoms with Crippen molar-refractivity contribution in [2.45, 2.75) is 38.3 Å². The minimum atomic E-state index is -0.123. The van der Waals surface area contributed by atoms with Gasteiger partial charge in [-0.3, -0.25) is 0 Å². The van der Waals surface area contributed by atoms with E-state index in [4.69, 9.17) is 22.1 Å². The zero-order valence-electron chi connectivity index (χ0n) is 10.5. The molecule has 1 atom stereocenters. The van der Waals surface area contributed by atoms with Crippen LogP contribution in [0.2, 0.25) is 5.02 Å². The predicted molar refractivity (Wildman–Crippen MR) is 81.4 cm³/mol. The third kappa shape index (κ3) is 4.73. The predicted octanol–water partition coefficient (Wildman–Crippen LogP) is 4.15. The van der Waals surface area contributed by atoms with Crippen molar-refractivity contribution in [2.24, 2.45) is 5.73 Å². The second kappa shape index (κ2) is 6.36. The number of rotatable bonds is 5. The molecule has 0 radical (unpaired) electrons. The normalized spacial score (nSPS) is 13.8. The fourth-order valence-corrected chi connectivity index (χ4v) is 2.48. The molecule has 0 fully saturated rings. The summed E-state index contributed by atoms with van der Waals surface area (Å²) >= 11 is 8.29. The molecule has 0 aliphatic heterocycles. The van der Waals surface area contributed by atoms with Gasteiger partial charge in [-0.15, -0.1) is 0 Å². The van der Waals surface area contributed by atoms with Gasteiger partial charge in [0.2, 0.25) is 0 Å². The Balaban J connectivity index is 2.70. The lowest BCUT2D eigenvalue weighted by Crippen LogP contribution is -2.25. The molecule has 0 saturated carbocycles. The monoisotopic (exact) mass is 367 g/mol. The zero-order chi connectivity index (χ0) is 13.1. The van der Waals surface area contributed by atoms with Gasteiger partial charge in [0, 0.05) is 21.7 Å². The zero-order valence-corrected chi connectivity index (χ0v) is 13.4. The molecule has 0 spiro atoms. The number of hydrogen-bond acceptors (Lipinski definition) is 2. The first-order chi connectivity index (χ1) is 7.85. The first kappa shape index (κ1) is 15.2. The quantitative estimate of drug-likeness (QED) is 0.794. The molecular formula is C13H19ClINO. The van der Waals surface area contributed by atoms with Gasteiger partial charge in [-0.25, -0.2) is 0 Å². The number of halogens is 2. The Hall–Kier alpha value is 0.160. The van der Waals surface area contributed by atoms with Crippen LogP contribution in [0.5, 0.6) is 0 Å². The van der Waals surface area contributed by atoms with Crippen molar-refractivity contribution in [1.29, 1.82) is 0 Å². The van der Waals surface area contributed by atoms with Crippen molar-refractivity contribution in [3.05, 3.63) is 32.4 Å². The highest BCUT2D eigenvalue weighted by molar-refractivity contribution is 14.1. The number of hydrogen-bond donors (Lipinski definition) is 1. The van der Waals surface area contributed by atoms with Gasteiger partial charge < -0.3 is 10.5 Å². The first-order valence-corrected chi connectivity index (χ1v) is 7.07. The van der Waals surface area contributed by atoms with Gasteiger partial charge in [0.25, 0.3) is 0 Å². The second-order valence-corrected chi connectivity index (χ2v) is 6.37. The minimum Gasteiger partial charge on any atom is -0.379 e. The molecule has 2 nitrogen and oxygen atoms in total. The molecule has 0 aliphatic carbocycles. The Kier molecular flexibility index (Phi) is 5.70. The van der Waals surface area contributed by atoms with Crippen LogP contribution in [0.1, 0.15) is 38.3 Å². The van der Waals surface area contributed by atoms with Gasteiger partial charge >= 0.3 is 0 Å². The Labute approximate surface area is 122 Å². The summed E-state index contributed by atoms with van der Waals surface area (Å²) in [5.41, 5.74) is 7.20. The summed E-state index contributed by atoms with van der Waals surface area (Å²) in [6, 6.07) is 5.85. The lowest BCUT2D eigenvalue weighted by atomic mass is 9.95. The SMILES string of the molecule is COC(C)(C)CCC(N)c1cc(Cl)ccc1I. The summed E-state index contributed by atoms with van der Waals surface area (Å²) in [6.45, 7) is 4.14. The van der Waals surface area contributed by atoms with E-state index in [2.05, 4.69) is 36.4 Å². The summed E-state index contributed by atoms with van der Waals surface area (Å²) in [6.07, 6.45) is 1.81. The van der Waals surface area contributed by atoms with Crippen molar-refractivity contribution in [1.82, 2.24) is 0 Å². The number of ether oxygens (including phenoxy) is 1. The highest BCUT2D eigenvalue weighted by Crippen LogP contribution is 2.27. The van der Waals surface area contributed by atoms with Crippen molar-refractivity contribution in [2.75, 3.05) is 7.11 Å².